The van der Waals surface area contributed by atoms with Crippen LogP contribution in [0.4, 0.5) is 0 Å². The molecule has 1 aliphatic rings. The number of aromatic nitrogens is 3. The first-order valence-electron chi connectivity index (χ1n) is 9.57. The van der Waals surface area contributed by atoms with Crippen molar-refractivity contribution in [3.05, 3.63) is 59.2 Å². The number of para-hydroxylation sites is 1. The Bertz CT molecular complexity index is 885. The smallest absolute Gasteiger partial charge is 0.121 e. The Hall–Kier alpha value is -2.24. The first-order chi connectivity index (χ1) is 12.8. The highest BCUT2D eigenvalue weighted by atomic mass is 15.2. The van der Waals surface area contributed by atoms with Crippen molar-refractivity contribution in [3.63, 3.8) is 0 Å². The van der Waals surface area contributed by atoms with Gasteiger partial charge in [-0.1, -0.05) is 18.2 Å². The van der Waals surface area contributed by atoms with Gasteiger partial charge in [0.2, 0.25) is 0 Å². The van der Waals surface area contributed by atoms with Crippen LogP contribution in [-0.4, -0.2) is 33.4 Å². The van der Waals surface area contributed by atoms with E-state index >= 15 is 0 Å². The molecule has 0 aliphatic heterocycles. The van der Waals surface area contributed by atoms with Gasteiger partial charge in [0, 0.05) is 6.20 Å². The van der Waals surface area contributed by atoms with E-state index in [0.717, 1.165) is 49.1 Å². The van der Waals surface area contributed by atoms with Crippen molar-refractivity contribution in [3.8, 4) is 0 Å². The van der Waals surface area contributed by atoms with Crippen molar-refractivity contribution in [1.82, 2.24) is 19.9 Å². The number of benzene rings is 1. The van der Waals surface area contributed by atoms with E-state index in [1.807, 2.05) is 12.3 Å². The molecule has 0 fully saturated rings. The number of nitrogens with one attached hydrogen (secondary N) is 1. The number of aromatic amines is 1. The minimum Gasteiger partial charge on any atom is -0.341 e. The lowest BCUT2D eigenvalue weighted by atomic mass is 9.91. The van der Waals surface area contributed by atoms with Gasteiger partial charge in [-0.2, -0.15) is 0 Å². The number of pyridine rings is 1. The van der Waals surface area contributed by atoms with Crippen molar-refractivity contribution in [2.75, 3.05) is 13.6 Å². The summed E-state index contributed by atoms with van der Waals surface area (Å²) in [6, 6.07) is 11.0. The molecule has 26 heavy (non-hydrogen) atoms. The lowest BCUT2D eigenvalue weighted by Crippen LogP contribution is -2.28. The lowest BCUT2D eigenvalue weighted by molar-refractivity contribution is 0.204. The molecule has 1 unspecified atom stereocenters. The number of fused-ring (bicyclic) bond motifs is 2. The number of hydrogen-bond donors (Lipinski definition) is 2. The van der Waals surface area contributed by atoms with Crippen LogP contribution in [0.2, 0.25) is 0 Å². The molecule has 4 rings (SSSR count). The summed E-state index contributed by atoms with van der Waals surface area (Å²) >= 11 is 0. The molecule has 0 radical (unpaired) electrons. The monoisotopic (exact) mass is 349 g/mol. The van der Waals surface area contributed by atoms with Crippen LogP contribution < -0.4 is 5.73 Å². The average Bonchev–Trinajstić information content (AvgIpc) is 3.08. The summed E-state index contributed by atoms with van der Waals surface area (Å²) in [4.78, 5) is 15.4. The van der Waals surface area contributed by atoms with E-state index < -0.39 is 0 Å². The van der Waals surface area contributed by atoms with Crippen LogP contribution in [0.1, 0.15) is 47.9 Å². The first kappa shape index (κ1) is 17.2. The highest BCUT2D eigenvalue weighted by Gasteiger charge is 2.25. The molecule has 0 saturated carbocycles. The Morgan fingerprint density at radius 1 is 1.27 bits per heavy atom. The summed E-state index contributed by atoms with van der Waals surface area (Å²) in [5, 5.41) is 0. The fourth-order valence-electron chi connectivity index (χ4n) is 4.07. The maximum absolute atomic E-state index is 5.67. The highest BCUT2D eigenvalue weighted by molar-refractivity contribution is 5.78. The zero-order valence-corrected chi connectivity index (χ0v) is 15.4. The second kappa shape index (κ2) is 7.56. The van der Waals surface area contributed by atoms with Gasteiger partial charge in [-0.15, -0.1) is 0 Å². The second-order valence-electron chi connectivity index (χ2n) is 7.26. The van der Waals surface area contributed by atoms with Gasteiger partial charge < -0.3 is 10.7 Å². The summed E-state index contributed by atoms with van der Waals surface area (Å²) in [7, 11) is 2.18. The normalized spacial score (nSPS) is 17.0. The fraction of sp³-hybridized carbons (Fsp3) is 0.429. The quantitative estimate of drug-likeness (QED) is 0.716. The molecule has 3 N–H and O–H groups in total. The predicted molar refractivity (Wildman–Crippen MR) is 105 cm³/mol. The van der Waals surface area contributed by atoms with Gasteiger partial charge in [0.05, 0.1) is 29.3 Å². The highest BCUT2D eigenvalue weighted by Crippen LogP contribution is 2.32. The minimum atomic E-state index is 0.366. The maximum Gasteiger partial charge on any atom is 0.121 e. The third-order valence-electron chi connectivity index (χ3n) is 5.39. The van der Waals surface area contributed by atoms with E-state index in [1.165, 1.54) is 23.2 Å². The topological polar surface area (TPSA) is 70.8 Å². The first-order valence-corrected chi connectivity index (χ1v) is 9.57. The van der Waals surface area contributed by atoms with Crippen LogP contribution >= 0.6 is 0 Å². The van der Waals surface area contributed by atoms with Gasteiger partial charge in [0.1, 0.15) is 5.82 Å². The molecule has 5 nitrogen and oxygen atoms in total. The zero-order chi connectivity index (χ0) is 17.9. The molecule has 1 atom stereocenters. The molecule has 2 aromatic heterocycles. The molecule has 0 amide bonds. The largest absolute Gasteiger partial charge is 0.341 e. The number of hydrogen-bond acceptors (Lipinski definition) is 4. The summed E-state index contributed by atoms with van der Waals surface area (Å²) in [5.74, 6) is 1.02. The average molecular weight is 349 g/mol. The lowest BCUT2D eigenvalue weighted by Gasteiger charge is -2.31. The Morgan fingerprint density at radius 2 is 2.19 bits per heavy atom. The van der Waals surface area contributed by atoms with Gasteiger partial charge in [0.15, 0.2) is 0 Å². The number of aryl methyl sites for hydroxylation is 2. The molecular weight excluding hydrogens is 322 g/mol. The summed E-state index contributed by atoms with van der Waals surface area (Å²) < 4.78 is 0. The molecule has 1 aromatic carbocycles. The van der Waals surface area contributed by atoms with E-state index in [-0.39, 0.29) is 0 Å². The molecule has 0 spiro atoms. The van der Waals surface area contributed by atoms with Gasteiger partial charge in [-0.25, -0.2) is 4.98 Å². The number of nitrogens with zero attached hydrogens (tertiary/aromatic N) is 3. The summed E-state index contributed by atoms with van der Waals surface area (Å²) in [6.45, 7) is 1.51. The molecule has 136 valence electrons. The Morgan fingerprint density at radius 3 is 3.08 bits per heavy atom. The molecule has 3 aromatic rings. The van der Waals surface area contributed by atoms with Gasteiger partial charge in [0.25, 0.3) is 0 Å². The summed E-state index contributed by atoms with van der Waals surface area (Å²) in [5.41, 5.74) is 11.8. The second-order valence-corrected chi connectivity index (χ2v) is 7.26. The molecular formula is C21H27N5. The van der Waals surface area contributed by atoms with Crippen LogP contribution in [0, 0.1) is 0 Å². The Kier molecular flexibility index (Phi) is 5.00. The fourth-order valence-corrected chi connectivity index (χ4v) is 4.07. The van der Waals surface area contributed by atoms with Crippen molar-refractivity contribution >= 4 is 11.0 Å². The van der Waals surface area contributed by atoms with Crippen LogP contribution in [-0.2, 0) is 19.4 Å². The molecule has 0 saturated heterocycles. The predicted octanol–water partition coefficient (Wildman–Crippen LogP) is 3.36. The minimum absolute atomic E-state index is 0.366. The number of nitrogens with two attached hydrogens (primary N) is 1. The maximum atomic E-state index is 5.67. The summed E-state index contributed by atoms with van der Waals surface area (Å²) in [6.07, 6.45) is 7.40. The molecule has 2 heterocycles. The van der Waals surface area contributed by atoms with E-state index in [0.29, 0.717) is 12.6 Å². The van der Waals surface area contributed by atoms with Crippen LogP contribution in [0.25, 0.3) is 11.0 Å². The standard InChI is InChI=1S/C21H27N5/c1-26(18-11-3-7-16-9-5-13-23-21(16)18)14-19-24-17-10-2-6-15(8-4-12-22)20(17)25-19/h2,5-6,9-10,13,18H,3-4,7-8,11-12,14,22H2,1H3,(H,24,25). The van der Waals surface area contributed by atoms with E-state index in [2.05, 4.69) is 46.2 Å². The van der Waals surface area contributed by atoms with Crippen LogP contribution in [0.5, 0.6) is 0 Å². The van der Waals surface area contributed by atoms with E-state index in [9.17, 15) is 0 Å². The Labute approximate surface area is 154 Å². The van der Waals surface area contributed by atoms with Crippen molar-refractivity contribution in [2.24, 2.45) is 5.73 Å². The number of imidazole rings is 1. The SMILES string of the molecule is CN(Cc1nc2c(CCCN)cccc2[nH]1)C1CCCc2cccnc21. The molecule has 1 aliphatic carbocycles. The van der Waals surface area contributed by atoms with Crippen molar-refractivity contribution in [1.29, 1.82) is 0 Å². The van der Waals surface area contributed by atoms with Gasteiger partial charge in [-0.05, 0) is 69.0 Å². The zero-order valence-electron chi connectivity index (χ0n) is 15.4. The third kappa shape index (κ3) is 3.37. The van der Waals surface area contributed by atoms with Crippen molar-refractivity contribution in [2.45, 2.75) is 44.7 Å². The van der Waals surface area contributed by atoms with Gasteiger partial charge >= 0.3 is 0 Å². The molecule has 5 heteroatoms. The van der Waals surface area contributed by atoms with Crippen LogP contribution in [0.3, 0.4) is 0 Å². The van der Waals surface area contributed by atoms with E-state index in [4.69, 9.17) is 10.7 Å². The third-order valence-corrected chi connectivity index (χ3v) is 5.39. The van der Waals surface area contributed by atoms with Crippen LogP contribution in [0.15, 0.2) is 36.5 Å². The Balaban J connectivity index is 1.56. The van der Waals surface area contributed by atoms with Gasteiger partial charge in [-0.3, -0.25) is 9.88 Å². The van der Waals surface area contributed by atoms with Crippen molar-refractivity contribution < 1.29 is 0 Å². The number of rotatable bonds is 6. The molecule has 0 bridgehead atoms. The number of H-pyrrole nitrogens is 1. The van der Waals surface area contributed by atoms with E-state index in [1.54, 1.807) is 0 Å².